The molecule has 1 unspecified atom stereocenters. The predicted octanol–water partition coefficient (Wildman–Crippen LogP) is 3.78. The molecule has 0 aliphatic rings. The minimum absolute atomic E-state index is 0.0117. The minimum atomic E-state index is -0.446. The molecule has 31 heavy (non-hydrogen) atoms. The predicted molar refractivity (Wildman–Crippen MR) is 117 cm³/mol. The number of hydrogen-bond acceptors (Lipinski definition) is 6. The van der Waals surface area contributed by atoms with Crippen molar-refractivity contribution in [1.29, 1.82) is 0 Å². The fourth-order valence-corrected chi connectivity index (χ4v) is 3.60. The van der Waals surface area contributed by atoms with Crippen molar-refractivity contribution in [1.82, 2.24) is 10.2 Å². The van der Waals surface area contributed by atoms with Crippen LogP contribution in [0.25, 0.3) is 11.5 Å². The molecule has 0 fully saturated rings. The van der Waals surface area contributed by atoms with Crippen LogP contribution in [-0.4, -0.2) is 26.3 Å². The van der Waals surface area contributed by atoms with Gasteiger partial charge >= 0.3 is 0 Å². The van der Waals surface area contributed by atoms with Gasteiger partial charge in [0.05, 0.1) is 11.0 Å². The average Bonchev–Trinajstić information content (AvgIpc) is 3.17. The topological polar surface area (TPSA) is 107 Å². The molecular weight excluding hydrogens is 396 g/mol. The van der Waals surface area contributed by atoms with Gasteiger partial charge in [-0.25, -0.2) is 0 Å². The van der Waals surface area contributed by atoms with Crippen molar-refractivity contribution in [3.8, 4) is 17.2 Å². The van der Waals surface area contributed by atoms with E-state index in [-0.39, 0.29) is 11.7 Å². The SMILES string of the molecule is Cc1cc(O)c(C[NH+](Cc2nnc(-c3ccc([N+](=O)[O-])cc3)o2)C(C)C)cc1C(C)C. The van der Waals surface area contributed by atoms with Crippen molar-refractivity contribution in [2.75, 3.05) is 0 Å². The van der Waals surface area contributed by atoms with E-state index < -0.39 is 4.92 Å². The molecule has 0 aliphatic heterocycles. The maximum absolute atomic E-state index is 10.8. The van der Waals surface area contributed by atoms with Crippen molar-refractivity contribution in [2.45, 2.75) is 59.7 Å². The van der Waals surface area contributed by atoms with Crippen LogP contribution in [0.5, 0.6) is 5.75 Å². The molecule has 0 amide bonds. The highest BCUT2D eigenvalue weighted by Crippen LogP contribution is 2.27. The van der Waals surface area contributed by atoms with Crippen LogP contribution in [0.15, 0.2) is 40.8 Å². The number of rotatable bonds is 8. The Kier molecular flexibility index (Phi) is 6.70. The molecule has 1 heterocycles. The van der Waals surface area contributed by atoms with Crippen molar-refractivity contribution in [3.05, 3.63) is 69.1 Å². The third kappa shape index (κ3) is 5.27. The first-order valence-corrected chi connectivity index (χ1v) is 10.4. The number of phenols is 1. The molecule has 0 saturated heterocycles. The molecular formula is C23H29N4O4+. The smallest absolute Gasteiger partial charge is 0.271 e. The summed E-state index contributed by atoms with van der Waals surface area (Å²) in [5, 5.41) is 29.6. The van der Waals surface area contributed by atoms with Crippen LogP contribution in [0.4, 0.5) is 5.69 Å². The van der Waals surface area contributed by atoms with Gasteiger partial charge in [0, 0.05) is 23.3 Å². The molecule has 164 valence electrons. The molecule has 0 spiro atoms. The number of phenolic OH excluding ortho intramolecular Hbond substituents is 1. The van der Waals surface area contributed by atoms with Gasteiger partial charge in [0.15, 0.2) is 6.54 Å². The van der Waals surface area contributed by atoms with Gasteiger partial charge in [-0.3, -0.25) is 10.1 Å². The van der Waals surface area contributed by atoms with Gasteiger partial charge < -0.3 is 14.4 Å². The third-order valence-corrected chi connectivity index (χ3v) is 5.49. The highest BCUT2D eigenvalue weighted by Gasteiger charge is 2.22. The van der Waals surface area contributed by atoms with Crippen LogP contribution in [0.1, 0.15) is 56.2 Å². The summed E-state index contributed by atoms with van der Waals surface area (Å²) in [6.07, 6.45) is 0. The molecule has 0 saturated carbocycles. The first-order valence-electron chi connectivity index (χ1n) is 10.4. The van der Waals surface area contributed by atoms with E-state index in [1.165, 1.54) is 22.6 Å². The van der Waals surface area contributed by atoms with Crippen molar-refractivity contribution in [3.63, 3.8) is 0 Å². The van der Waals surface area contributed by atoms with Crippen molar-refractivity contribution >= 4 is 5.69 Å². The van der Waals surface area contributed by atoms with Gasteiger partial charge in [-0.15, -0.1) is 10.2 Å². The van der Waals surface area contributed by atoms with Gasteiger partial charge in [0.25, 0.3) is 11.6 Å². The Morgan fingerprint density at radius 2 is 1.77 bits per heavy atom. The Morgan fingerprint density at radius 3 is 2.35 bits per heavy atom. The Labute approximate surface area is 181 Å². The number of nitrogens with one attached hydrogen (secondary N) is 1. The fourth-order valence-electron chi connectivity index (χ4n) is 3.60. The molecule has 8 heteroatoms. The van der Waals surface area contributed by atoms with E-state index in [1.54, 1.807) is 12.1 Å². The van der Waals surface area contributed by atoms with Crippen LogP contribution < -0.4 is 4.90 Å². The third-order valence-electron chi connectivity index (χ3n) is 5.49. The number of quaternary nitrogens is 1. The summed E-state index contributed by atoms with van der Waals surface area (Å²) in [5.74, 6) is 1.49. The number of non-ortho nitro benzene ring substituents is 1. The van der Waals surface area contributed by atoms with E-state index in [1.807, 2.05) is 13.0 Å². The zero-order valence-electron chi connectivity index (χ0n) is 18.5. The number of aryl methyl sites for hydroxylation is 1. The second kappa shape index (κ2) is 9.26. The van der Waals surface area contributed by atoms with E-state index in [4.69, 9.17) is 4.42 Å². The zero-order chi connectivity index (χ0) is 22.7. The summed E-state index contributed by atoms with van der Waals surface area (Å²) in [6, 6.07) is 10.2. The lowest BCUT2D eigenvalue weighted by atomic mass is 9.95. The Hall–Kier alpha value is -3.26. The molecule has 3 aromatic rings. The van der Waals surface area contributed by atoms with Crippen molar-refractivity contribution in [2.24, 2.45) is 0 Å². The Morgan fingerprint density at radius 1 is 1.10 bits per heavy atom. The molecule has 0 bridgehead atoms. The Balaban J connectivity index is 1.79. The number of aromatic hydroxyl groups is 1. The number of nitrogens with zero attached hydrogens (tertiary/aromatic N) is 3. The molecule has 8 nitrogen and oxygen atoms in total. The van der Waals surface area contributed by atoms with Gasteiger partial charge in [-0.05, 0) is 62.1 Å². The van der Waals surface area contributed by atoms with E-state index in [0.29, 0.717) is 42.1 Å². The molecule has 2 N–H and O–H groups in total. The lowest BCUT2D eigenvalue weighted by Gasteiger charge is -2.23. The minimum Gasteiger partial charge on any atom is -0.507 e. The first kappa shape index (κ1) is 22.4. The number of hydrogen-bond donors (Lipinski definition) is 2. The van der Waals surface area contributed by atoms with E-state index >= 15 is 0 Å². The van der Waals surface area contributed by atoms with E-state index in [0.717, 1.165) is 11.1 Å². The van der Waals surface area contributed by atoms with Crippen LogP contribution in [0.3, 0.4) is 0 Å². The van der Waals surface area contributed by atoms with Crippen molar-refractivity contribution < 1.29 is 19.3 Å². The number of aromatic nitrogens is 2. The summed E-state index contributed by atoms with van der Waals surface area (Å²) in [7, 11) is 0. The summed E-state index contributed by atoms with van der Waals surface area (Å²) in [6.45, 7) is 11.7. The lowest BCUT2D eigenvalue weighted by Crippen LogP contribution is -3.12. The van der Waals surface area contributed by atoms with Crippen LogP contribution >= 0.6 is 0 Å². The number of nitro groups is 1. The monoisotopic (exact) mass is 425 g/mol. The highest BCUT2D eigenvalue weighted by atomic mass is 16.6. The highest BCUT2D eigenvalue weighted by molar-refractivity contribution is 5.55. The normalized spacial score (nSPS) is 12.5. The Bertz CT molecular complexity index is 1060. The summed E-state index contributed by atoms with van der Waals surface area (Å²) in [5.41, 5.74) is 3.86. The fraction of sp³-hybridized carbons (Fsp3) is 0.391. The zero-order valence-corrected chi connectivity index (χ0v) is 18.5. The average molecular weight is 426 g/mol. The molecule has 0 aliphatic carbocycles. The second-order valence-corrected chi connectivity index (χ2v) is 8.46. The lowest BCUT2D eigenvalue weighted by molar-refractivity contribution is -0.949. The van der Waals surface area contributed by atoms with Gasteiger partial charge in [-0.1, -0.05) is 13.8 Å². The first-order chi connectivity index (χ1) is 14.7. The standard InChI is InChI=1S/C23H28N4O4/c1-14(2)20-11-18(21(28)10-16(20)5)12-26(15(3)4)13-22-24-25-23(31-22)17-6-8-19(9-7-17)27(29)30/h6-11,14-15,28H,12-13H2,1-5H3/p+1. The summed E-state index contributed by atoms with van der Waals surface area (Å²) in [4.78, 5) is 11.5. The molecule has 2 aromatic carbocycles. The molecule has 0 radical (unpaired) electrons. The van der Waals surface area contributed by atoms with Gasteiger partial charge in [0.2, 0.25) is 5.89 Å². The van der Waals surface area contributed by atoms with Crippen LogP contribution in [0.2, 0.25) is 0 Å². The van der Waals surface area contributed by atoms with E-state index in [9.17, 15) is 15.2 Å². The maximum Gasteiger partial charge on any atom is 0.271 e. The van der Waals surface area contributed by atoms with E-state index in [2.05, 4.69) is 44.0 Å². The summed E-state index contributed by atoms with van der Waals surface area (Å²) < 4.78 is 5.82. The molecule has 1 atom stereocenters. The maximum atomic E-state index is 10.8. The quantitative estimate of drug-likeness (QED) is 0.420. The molecule has 3 rings (SSSR count). The van der Waals surface area contributed by atoms with Crippen LogP contribution in [0, 0.1) is 17.0 Å². The largest absolute Gasteiger partial charge is 0.507 e. The summed E-state index contributed by atoms with van der Waals surface area (Å²) >= 11 is 0. The number of benzene rings is 2. The number of nitro benzene ring substituents is 1. The molecule has 1 aromatic heterocycles. The van der Waals surface area contributed by atoms with Crippen LogP contribution in [-0.2, 0) is 13.1 Å². The van der Waals surface area contributed by atoms with Gasteiger partial charge in [-0.2, -0.15) is 0 Å². The second-order valence-electron chi connectivity index (χ2n) is 8.46. The van der Waals surface area contributed by atoms with Gasteiger partial charge in [0.1, 0.15) is 12.3 Å².